The van der Waals surface area contributed by atoms with Crippen LogP contribution < -0.4 is 5.32 Å². The molecule has 118 valence electrons. The van der Waals surface area contributed by atoms with E-state index >= 15 is 0 Å². The van der Waals surface area contributed by atoms with E-state index in [1.807, 2.05) is 11.6 Å². The van der Waals surface area contributed by atoms with Crippen LogP contribution in [0.1, 0.15) is 36.4 Å². The van der Waals surface area contributed by atoms with Gasteiger partial charge >= 0.3 is 0 Å². The van der Waals surface area contributed by atoms with Gasteiger partial charge < -0.3 is 15.2 Å². The smallest absolute Gasteiger partial charge is 0.0954 e. The molecule has 4 nitrogen and oxygen atoms in total. The molecular weight excluding hydrogens is 296 g/mol. The van der Waals surface area contributed by atoms with Gasteiger partial charge in [0.2, 0.25) is 0 Å². The molecule has 1 aromatic carbocycles. The van der Waals surface area contributed by atoms with E-state index in [0.29, 0.717) is 12.6 Å². The molecule has 0 aliphatic heterocycles. The molecule has 1 fully saturated rings. The quantitative estimate of drug-likeness (QED) is 0.783. The van der Waals surface area contributed by atoms with Gasteiger partial charge in [-0.3, -0.25) is 0 Å². The third kappa shape index (κ3) is 4.53. The van der Waals surface area contributed by atoms with E-state index in [1.165, 1.54) is 12.8 Å². The molecule has 0 bridgehead atoms. The predicted molar refractivity (Wildman–Crippen MR) is 89.3 cm³/mol. The Kier molecular flexibility index (Phi) is 5.08. The van der Waals surface area contributed by atoms with E-state index in [2.05, 4.69) is 34.6 Å². The van der Waals surface area contributed by atoms with Crippen LogP contribution in [0.15, 0.2) is 35.8 Å². The summed E-state index contributed by atoms with van der Waals surface area (Å²) in [5.74, 6) is 0. The molecule has 1 aliphatic rings. The summed E-state index contributed by atoms with van der Waals surface area (Å²) >= 11 is 1.63. The molecule has 0 saturated heterocycles. The molecule has 1 aliphatic carbocycles. The van der Waals surface area contributed by atoms with E-state index in [9.17, 15) is 5.11 Å². The fraction of sp³-hybridized carbons (Fsp3) is 0.471. The lowest BCUT2D eigenvalue weighted by atomic mass is 10.1. The van der Waals surface area contributed by atoms with Crippen molar-refractivity contribution < 1.29 is 9.84 Å². The van der Waals surface area contributed by atoms with Crippen LogP contribution in [-0.2, 0) is 11.2 Å². The van der Waals surface area contributed by atoms with Crippen LogP contribution in [0.2, 0.25) is 0 Å². The van der Waals surface area contributed by atoms with Crippen LogP contribution in [0, 0.1) is 0 Å². The van der Waals surface area contributed by atoms with Crippen molar-refractivity contribution in [3.63, 3.8) is 0 Å². The van der Waals surface area contributed by atoms with E-state index in [0.717, 1.165) is 22.7 Å². The molecule has 1 heterocycles. The van der Waals surface area contributed by atoms with Gasteiger partial charge in [0.15, 0.2) is 0 Å². The molecule has 1 aromatic heterocycles. The Morgan fingerprint density at radius 2 is 2.14 bits per heavy atom. The minimum absolute atomic E-state index is 0.0734. The Morgan fingerprint density at radius 1 is 1.36 bits per heavy atom. The highest BCUT2D eigenvalue weighted by molar-refractivity contribution is 7.09. The molecule has 2 unspecified atom stereocenters. The van der Waals surface area contributed by atoms with Gasteiger partial charge in [0.05, 0.1) is 23.8 Å². The summed E-state index contributed by atoms with van der Waals surface area (Å²) in [5.41, 5.74) is 2.28. The molecule has 1 saturated carbocycles. The van der Waals surface area contributed by atoms with E-state index < -0.39 is 6.10 Å². The first kappa shape index (κ1) is 15.5. The van der Waals surface area contributed by atoms with Gasteiger partial charge in [-0.05, 0) is 37.5 Å². The third-order valence-electron chi connectivity index (χ3n) is 3.61. The zero-order valence-corrected chi connectivity index (χ0v) is 13.6. The van der Waals surface area contributed by atoms with Gasteiger partial charge in [0, 0.05) is 29.7 Å². The predicted octanol–water partition coefficient (Wildman–Crippen LogP) is 3.40. The summed E-state index contributed by atoms with van der Waals surface area (Å²) in [6.07, 6.45) is 4.55. The van der Waals surface area contributed by atoms with Crippen molar-refractivity contribution in [1.29, 1.82) is 0 Å². The number of nitrogens with zero attached hydrogens (tertiary/aromatic N) is 1. The number of aliphatic hydroxyl groups excluding tert-OH is 1. The maximum Gasteiger partial charge on any atom is 0.0954 e. The van der Waals surface area contributed by atoms with Crippen LogP contribution in [0.25, 0.3) is 0 Å². The minimum Gasteiger partial charge on any atom is -0.391 e. The largest absolute Gasteiger partial charge is 0.391 e. The van der Waals surface area contributed by atoms with E-state index in [1.54, 1.807) is 18.3 Å². The van der Waals surface area contributed by atoms with Crippen LogP contribution >= 0.6 is 11.3 Å². The maximum absolute atomic E-state index is 9.48. The number of benzene rings is 1. The lowest BCUT2D eigenvalue weighted by molar-refractivity contribution is -0.00367. The van der Waals surface area contributed by atoms with Crippen LogP contribution in [-0.4, -0.2) is 28.8 Å². The number of ether oxygens (including phenoxy) is 1. The van der Waals surface area contributed by atoms with Crippen molar-refractivity contribution in [1.82, 2.24) is 4.98 Å². The topological polar surface area (TPSA) is 54.4 Å². The van der Waals surface area contributed by atoms with Gasteiger partial charge in [-0.1, -0.05) is 12.1 Å². The molecule has 22 heavy (non-hydrogen) atoms. The van der Waals surface area contributed by atoms with Crippen LogP contribution in [0.5, 0.6) is 0 Å². The highest BCUT2D eigenvalue weighted by atomic mass is 32.1. The minimum atomic E-state index is -0.463. The average molecular weight is 318 g/mol. The Balaban J connectivity index is 1.68. The molecule has 0 amide bonds. The van der Waals surface area contributed by atoms with Crippen LogP contribution in [0.3, 0.4) is 0 Å². The van der Waals surface area contributed by atoms with Crippen molar-refractivity contribution in [3.05, 3.63) is 46.4 Å². The number of hydrogen-bond acceptors (Lipinski definition) is 5. The van der Waals surface area contributed by atoms with Crippen LogP contribution in [0.4, 0.5) is 5.69 Å². The monoisotopic (exact) mass is 318 g/mol. The number of rotatable bonds is 8. The molecular formula is C17H22N2O2S. The fourth-order valence-corrected chi connectivity index (χ4v) is 2.95. The normalized spacial score (nSPS) is 17.2. The molecule has 3 rings (SSSR count). The molecule has 5 heteroatoms. The van der Waals surface area contributed by atoms with Crippen molar-refractivity contribution in [2.45, 2.75) is 44.4 Å². The zero-order chi connectivity index (χ0) is 15.4. The Hall–Kier alpha value is -1.43. The first-order valence-corrected chi connectivity index (χ1v) is 8.63. The number of aromatic nitrogens is 1. The van der Waals surface area contributed by atoms with Crippen molar-refractivity contribution in [3.8, 4) is 0 Å². The van der Waals surface area contributed by atoms with Crippen molar-refractivity contribution in [2.75, 3.05) is 11.9 Å². The van der Waals surface area contributed by atoms with Gasteiger partial charge in [0.25, 0.3) is 0 Å². The fourth-order valence-electron chi connectivity index (χ4n) is 2.30. The first-order chi connectivity index (χ1) is 10.7. The number of thiazole rings is 1. The average Bonchev–Trinajstić information content (AvgIpc) is 3.17. The number of hydrogen-bond donors (Lipinski definition) is 2. The summed E-state index contributed by atoms with van der Waals surface area (Å²) in [7, 11) is 0. The lowest BCUT2D eigenvalue weighted by Gasteiger charge is -2.19. The zero-order valence-electron chi connectivity index (χ0n) is 12.7. The SMILES string of the molecule is CC(O)COC(Cc1nccs1)c1ccc(NC2CC2)cc1. The number of aliphatic hydroxyl groups is 1. The third-order valence-corrected chi connectivity index (χ3v) is 4.41. The van der Waals surface area contributed by atoms with E-state index in [-0.39, 0.29) is 6.10 Å². The molecule has 0 radical (unpaired) electrons. The van der Waals surface area contributed by atoms with Gasteiger partial charge in [-0.25, -0.2) is 4.98 Å². The lowest BCUT2D eigenvalue weighted by Crippen LogP contribution is -2.16. The van der Waals surface area contributed by atoms with Gasteiger partial charge in [-0.2, -0.15) is 0 Å². The summed E-state index contributed by atoms with van der Waals surface area (Å²) in [6, 6.07) is 9.07. The maximum atomic E-state index is 9.48. The summed E-state index contributed by atoms with van der Waals surface area (Å²) in [4.78, 5) is 4.34. The highest BCUT2D eigenvalue weighted by Gasteiger charge is 2.21. The highest BCUT2D eigenvalue weighted by Crippen LogP contribution is 2.28. The molecule has 2 aromatic rings. The summed E-state index contributed by atoms with van der Waals surface area (Å²) in [6.45, 7) is 2.07. The Morgan fingerprint density at radius 3 is 2.73 bits per heavy atom. The second kappa shape index (κ2) is 7.22. The number of anilines is 1. The summed E-state index contributed by atoms with van der Waals surface area (Å²) in [5, 5.41) is 16.0. The second-order valence-electron chi connectivity index (χ2n) is 5.84. The van der Waals surface area contributed by atoms with Crippen molar-refractivity contribution >= 4 is 17.0 Å². The van der Waals surface area contributed by atoms with Gasteiger partial charge in [0.1, 0.15) is 0 Å². The second-order valence-corrected chi connectivity index (χ2v) is 6.82. The van der Waals surface area contributed by atoms with Gasteiger partial charge in [-0.15, -0.1) is 11.3 Å². The number of nitrogens with one attached hydrogen (secondary N) is 1. The molecule has 2 atom stereocenters. The standard InChI is InChI=1S/C17H22N2O2S/c1-12(20)11-21-16(10-17-18-8-9-22-17)13-2-4-14(5-3-13)19-15-6-7-15/h2-5,8-9,12,15-16,19-20H,6-7,10-11H2,1H3. The van der Waals surface area contributed by atoms with E-state index in [4.69, 9.17) is 4.74 Å². The molecule has 0 spiro atoms. The Bertz CT molecular complexity index is 565. The first-order valence-electron chi connectivity index (χ1n) is 7.75. The Labute approximate surface area is 135 Å². The van der Waals surface area contributed by atoms with Crippen molar-refractivity contribution in [2.24, 2.45) is 0 Å². The summed E-state index contributed by atoms with van der Waals surface area (Å²) < 4.78 is 5.89. The molecule has 2 N–H and O–H groups in total.